The second-order valence-corrected chi connectivity index (χ2v) is 9.87. The van der Waals surface area contributed by atoms with Crippen molar-refractivity contribution >= 4 is 55.8 Å². The molecule has 1 atom stereocenters. The van der Waals surface area contributed by atoms with Crippen molar-refractivity contribution in [2.75, 3.05) is 5.32 Å². The van der Waals surface area contributed by atoms with Crippen molar-refractivity contribution in [2.45, 2.75) is 33.7 Å². The number of hydrogen-bond donors (Lipinski definition) is 3. The standard InChI is InChI=1S/C26H24ClN3O3S.CH4/c1-15(2)13-22(25(32)33)29-24(31)18-5-3-16(4-6-18)17-7-10-20(11-8-17)28-26-30-21-12-9-19(27)14-23(21)34-26;/h3-12,14-15,22H,13H2,1-2H3,(H,28,30)(H,29,31)(H,32,33);1H4/t22-;/m0./s1. The summed E-state index contributed by atoms with van der Waals surface area (Å²) in [5.41, 5.74) is 4.19. The van der Waals surface area contributed by atoms with Crippen LogP contribution in [0, 0.1) is 5.92 Å². The fourth-order valence-corrected chi connectivity index (χ4v) is 4.73. The minimum Gasteiger partial charge on any atom is -0.480 e. The second kappa shape index (κ2) is 11.3. The monoisotopic (exact) mass is 509 g/mol. The van der Waals surface area contributed by atoms with Gasteiger partial charge in [-0.2, -0.15) is 0 Å². The third-order valence-corrected chi connectivity index (χ3v) is 6.45. The van der Waals surface area contributed by atoms with E-state index in [2.05, 4.69) is 15.6 Å². The van der Waals surface area contributed by atoms with Gasteiger partial charge in [-0.15, -0.1) is 0 Å². The Morgan fingerprint density at radius 3 is 2.23 bits per heavy atom. The van der Waals surface area contributed by atoms with E-state index < -0.39 is 17.9 Å². The average molecular weight is 510 g/mol. The van der Waals surface area contributed by atoms with Crippen molar-refractivity contribution in [2.24, 2.45) is 5.92 Å². The maximum absolute atomic E-state index is 12.5. The molecule has 4 aromatic rings. The SMILES string of the molecule is C.CC(C)C[C@H](NC(=O)c1ccc(-c2ccc(Nc3nc4ccc(Cl)cc4s3)cc2)cc1)C(=O)O. The van der Waals surface area contributed by atoms with Gasteiger partial charge >= 0.3 is 5.97 Å². The Balaban J connectivity index is 0.00000342. The Hall–Kier alpha value is -3.42. The average Bonchev–Trinajstić information content (AvgIpc) is 3.20. The van der Waals surface area contributed by atoms with E-state index in [1.54, 1.807) is 12.1 Å². The van der Waals surface area contributed by atoms with Gasteiger partial charge < -0.3 is 15.7 Å². The van der Waals surface area contributed by atoms with Gasteiger partial charge in [0.05, 0.1) is 10.2 Å². The molecule has 1 aromatic heterocycles. The summed E-state index contributed by atoms with van der Waals surface area (Å²) in [7, 11) is 0. The largest absolute Gasteiger partial charge is 0.480 e. The maximum atomic E-state index is 12.5. The van der Waals surface area contributed by atoms with Crippen LogP contribution >= 0.6 is 22.9 Å². The molecular weight excluding hydrogens is 482 g/mol. The smallest absolute Gasteiger partial charge is 0.326 e. The highest BCUT2D eigenvalue weighted by molar-refractivity contribution is 7.22. The van der Waals surface area contributed by atoms with Crippen LogP contribution < -0.4 is 10.6 Å². The molecule has 0 aliphatic rings. The molecule has 0 saturated carbocycles. The van der Waals surface area contributed by atoms with Crippen LogP contribution in [-0.2, 0) is 4.79 Å². The molecule has 1 amide bonds. The van der Waals surface area contributed by atoms with Crippen LogP contribution in [0.15, 0.2) is 66.7 Å². The summed E-state index contributed by atoms with van der Waals surface area (Å²) in [6.45, 7) is 3.85. The Morgan fingerprint density at radius 1 is 1.00 bits per heavy atom. The fraction of sp³-hybridized carbons (Fsp3) is 0.222. The fourth-order valence-electron chi connectivity index (χ4n) is 3.57. The van der Waals surface area contributed by atoms with Crippen LogP contribution in [0.5, 0.6) is 0 Å². The summed E-state index contributed by atoms with van der Waals surface area (Å²) in [4.78, 5) is 28.5. The summed E-state index contributed by atoms with van der Waals surface area (Å²) < 4.78 is 1.02. The van der Waals surface area contributed by atoms with Crippen LogP contribution in [0.4, 0.5) is 10.8 Å². The van der Waals surface area contributed by atoms with Crippen molar-refractivity contribution in [1.82, 2.24) is 10.3 Å². The Kier molecular flexibility index (Phi) is 8.48. The van der Waals surface area contributed by atoms with E-state index in [9.17, 15) is 14.7 Å². The molecule has 35 heavy (non-hydrogen) atoms. The topological polar surface area (TPSA) is 91.3 Å². The van der Waals surface area contributed by atoms with E-state index in [1.165, 1.54) is 11.3 Å². The van der Waals surface area contributed by atoms with Gasteiger partial charge in [0.15, 0.2) is 5.13 Å². The van der Waals surface area contributed by atoms with Crippen molar-refractivity contribution in [3.8, 4) is 11.1 Å². The molecule has 0 bridgehead atoms. The molecule has 182 valence electrons. The molecule has 0 aliphatic carbocycles. The summed E-state index contributed by atoms with van der Waals surface area (Å²) in [5.74, 6) is -1.26. The summed E-state index contributed by atoms with van der Waals surface area (Å²) in [5, 5.41) is 16.7. The van der Waals surface area contributed by atoms with Crippen LogP contribution in [0.1, 0.15) is 38.1 Å². The number of aromatic nitrogens is 1. The van der Waals surface area contributed by atoms with E-state index in [0.717, 1.165) is 32.2 Å². The van der Waals surface area contributed by atoms with Crippen LogP contribution in [0.2, 0.25) is 5.02 Å². The second-order valence-electron chi connectivity index (χ2n) is 8.40. The number of nitrogens with zero attached hydrogens (tertiary/aromatic N) is 1. The molecule has 0 unspecified atom stereocenters. The Morgan fingerprint density at radius 2 is 1.63 bits per heavy atom. The molecule has 4 rings (SSSR count). The first kappa shape index (κ1) is 26.2. The van der Waals surface area contributed by atoms with Gasteiger partial charge in [-0.3, -0.25) is 4.79 Å². The highest BCUT2D eigenvalue weighted by Crippen LogP contribution is 2.31. The van der Waals surface area contributed by atoms with Gasteiger partial charge in [-0.25, -0.2) is 9.78 Å². The van der Waals surface area contributed by atoms with E-state index in [4.69, 9.17) is 11.6 Å². The molecule has 1 heterocycles. The first-order valence-corrected chi connectivity index (χ1v) is 12.1. The summed E-state index contributed by atoms with van der Waals surface area (Å²) in [6, 6.07) is 19.8. The lowest BCUT2D eigenvalue weighted by molar-refractivity contribution is -0.139. The van der Waals surface area contributed by atoms with E-state index in [0.29, 0.717) is 17.0 Å². The van der Waals surface area contributed by atoms with Crippen molar-refractivity contribution < 1.29 is 14.7 Å². The lowest BCUT2D eigenvalue weighted by Gasteiger charge is -2.16. The molecule has 3 aromatic carbocycles. The summed E-state index contributed by atoms with van der Waals surface area (Å²) >= 11 is 7.59. The van der Waals surface area contributed by atoms with Gasteiger partial charge in [0.2, 0.25) is 0 Å². The van der Waals surface area contributed by atoms with E-state index >= 15 is 0 Å². The third-order valence-electron chi connectivity index (χ3n) is 5.28. The predicted molar refractivity (Wildman–Crippen MR) is 145 cm³/mol. The number of carboxylic acid groups (broad SMARTS) is 1. The molecule has 0 aliphatic heterocycles. The van der Waals surface area contributed by atoms with Crippen LogP contribution in [0.3, 0.4) is 0 Å². The van der Waals surface area contributed by atoms with Gasteiger partial charge in [0.25, 0.3) is 5.91 Å². The van der Waals surface area contributed by atoms with Gasteiger partial charge in [0, 0.05) is 16.3 Å². The molecule has 8 heteroatoms. The lowest BCUT2D eigenvalue weighted by Crippen LogP contribution is -2.41. The van der Waals surface area contributed by atoms with Gasteiger partial charge in [-0.1, -0.05) is 68.5 Å². The van der Waals surface area contributed by atoms with Crippen LogP contribution in [0.25, 0.3) is 21.3 Å². The number of carbonyl (C=O) groups is 2. The van der Waals surface area contributed by atoms with Crippen molar-refractivity contribution in [1.29, 1.82) is 0 Å². The number of hydrogen-bond acceptors (Lipinski definition) is 5. The van der Waals surface area contributed by atoms with Crippen molar-refractivity contribution in [3.05, 3.63) is 77.3 Å². The van der Waals surface area contributed by atoms with E-state index in [1.807, 2.05) is 68.4 Å². The number of benzene rings is 3. The number of amides is 1. The number of carboxylic acids is 1. The zero-order valence-corrected chi connectivity index (χ0v) is 20.3. The number of thiazole rings is 1. The molecule has 0 radical (unpaired) electrons. The molecule has 6 nitrogen and oxygen atoms in total. The van der Waals surface area contributed by atoms with Gasteiger partial charge in [0.1, 0.15) is 6.04 Å². The normalized spacial score (nSPS) is 11.7. The minimum atomic E-state index is -1.03. The number of nitrogens with one attached hydrogen (secondary N) is 2. The zero-order chi connectivity index (χ0) is 24.2. The maximum Gasteiger partial charge on any atom is 0.326 e. The minimum absolute atomic E-state index is 0. The zero-order valence-electron chi connectivity index (χ0n) is 18.7. The van der Waals surface area contributed by atoms with Crippen LogP contribution in [-0.4, -0.2) is 28.0 Å². The summed E-state index contributed by atoms with van der Waals surface area (Å²) in [6.07, 6.45) is 0.379. The number of anilines is 2. The Labute approximate surface area is 214 Å². The van der Waals surface area contributed by atoms with Crippen molar-refractivity contribution in [3.63, 3.8) is 0 Å². The number of fused-ring (bicyclic) bond motifs is 1. The molecule has 3 N–H and O–H groups in total. The lowest BCUT2D eigenvalue weighted by atomic mass is 10.0. The quantitative estimate of drug-likeness (QED) is 0.233. The predicted octanol–water partition coefficient (Wildman–Crippen LogP) is 7.23. The molecule has 0 fully saturated rings. The highest BCUT2D eigenvalue weighted by Gasteiger charge is 2.21. The number of rotatable bonds is 8. The molecule has 0 saturated heterocycles. The number of halogens is 1. The Bertz CT molecular complexity index is 1320. The molecular formula is C27H28ClN3O3S. The first-order valence-electron chi connectivity index (χ1n) is 10.9. The van der Waals surface area contributed by atoms with Gasteiger partial charge in [-0.05, 0) is 65.9 Å². The van der Waals surface area contributed by atoms with E-state index in [-0.39, 0.29) is 13.3 Å². The number of aliphatic carboxylic acids is 1. The number of carbonyl (C=O) groups excluding carboxylic acids is 1. The first-order chi connectivity index (χ1) is 16.3. The molecule has 0 spiro atoms. The highest BCUT2D eigenvalue weighted by atomic mass is 35.5. The third kappa shape index (κ3) is 6.59.